The fourth-order valence-electron chi connectivity index (χ4n) is 1.73. The summed E-state index contributed by atoms with van der Waals surface area (Å²) in [6, 6.07) is 11.9. The Labute approximate surface area is 134 Å². The third-order valence-corrected chi connectivity index (χ3v) is 4.29. The van der Waals surface area contributed by atoms with Crippen molar-refractivity contribution in [2.75, 3.05) is 0 Å². The van der Waals surface area contributed by atoms with E-state index in [1.54, 1.807) is 30.3 Å². The molecule has 3 N–H and O–H groups in total. The number of halogens is 1. The molecule has 0 fully saturated rings. The molecule has 0 saturated carbocycles. The maximum Gasteiger partial charge on any atom is 0.244 e. The van der Waals surface area contributed by atoms with Crippen LogP contribution in [-0.4, -0.2) is 11.8 Å². The van der Waals surface area contributed by atoms with E-state index >= 15 is 0 Å². The second-order valence-corrected chi connectivity index (χ2v) is 6.72. The first-order chi connectivity index (χ1) is 10.1. The zero-order valence-electron chi connectivity index (χ0n) is 11.0. The van der Waals surface area contributed by atoms with Crippen LogP contribution in [0.1, 0.15) is 16.5 Å². The van der Waals surface area contributed by atoms with Crippen molar-refractivity contribution in [3.05, 3.63) is 62.8 Å². The Balaban J connectivity index is 2.05. The van der Waals surface area contributed by atoms with Crippen LogP contribution in [0.3, 0.4) is 0 Å². The standard InChI is InChI=1S/C15H13BrN2O2S/c16-12-8-6-11(21-12)7-9-13(19)18-14(15(17)20)10-4-2-1-3-5-10/h1-9,14H,(H2,17,20)(H,18,19)/b9-7+. The second-order valence-electron chi connectivity index (χ2n) is 4.23. The summed E-state index contributed by atoms with van der Waals surface area (Å²) in [7, 11) is 0. The summed E-state index contributed by atoms with van der Waals surface area (Å²) < 4.78 is 0.988. The lowest BCUT2D eigenvalue weighted by molar-refractivity contribution is -0.125. The van der Waals surface area contributed by atoms with E-state index in [-0.39, 0.29) is 5.91 Å². The van der Waals surface area contributed by atoms with Crippen molar-refractivity contribution in [2.45, 2.75) is 6.04 Å². The Morgan fingerprint density at radius 3 is 2.48 bits per heavy atom. The van der Waals surface area contributed by atoms with Crippen molar-refractivity contribution < 1.29 is 9.59 Å². The predicted octanol–water partition coefficient (Wildman–Crippen LogP) is 2.87. The van der Waals surface area contributed by atoms with Gasteiger partial charge in [0.2, 0.25) is 11.8 Å². The molecule has 0 aliphatic rings. The Morgan fingerprint density at radius 2 is 1.90 bits per heavy atom. The quantitative estimate of drug-likeness (QED) is 0.800. The fraction of sp³-hybridized carbons (Fsp3) is 0.0667. The van der Waals surface area contributed by atoms with E-state index in [1.165, 1.54) is 17.4 Å². The van der Waals surface area contributed by atoms with Crippen molar-refractivity contribution in [2.24, 2.45) is 5.73 Å². The summed E-state index contributed by atoms with van der Waals surface area (Å²) in [6.07, 6.45) is 3.07. The van der Waals surface area contributed by atoms with Crippen LogP contribution in [0.25, 0.3) is 6.08 Å². The summed E-state index contributed by atoms with van der Waals surface area (Å²) in [6.45, 7) is 0. The van der Waals surface area contributed by atoms with E-state index in [4.69, 9.17) is 5.73 Å². The second kappa shape index (κ2) is 7.19. The smallest absolute Gasteiger partial charge is 0.244 e. The van der Waals surface area contributed by atoms with Crippen LogP contribution in [-0.2, 0) is 9.59 Å². The lowest BCUT2D eigenvalue weighted by Gasteiger charge is -2.14. The average Bonchev–Trinajstić information content (AvgIpc) is 2.89. The van der Waals surface area contributed by atoms with Gasteiger partial charge in [-0.15, -0.1) is 11.3 Å². The van der Waals surface area contributed by atoms with Crippen molar-refractivity contribution in [1.29, 1.82) is 0 Å². The summed E-state index contributed by atoms with van der Waals surface area (Å²) in [4.78, 5) is 24.3. The average molecular weight is 365 g/mol. The first-order valence-electron chi connectivity index (χ1n) is 6.14. The zero-order chi connectivity index (χ0) is 15.2. The number of rotatable bonds is 5. The molecule has 1 unspecified atom stereocenters. The van der Waals surface area contributed by atoms with E-state index < -0.39 is 11.9 Å². The molecule has 1 aromatic carbocycles. The molecule has 1 aromatic heterocycles. The van der Waals surface area contributed by atoms with Gasteiger partial charge in [0.1, 0.15) is 6.04 Å². The van der Waals surface area contributed by atoms with Gasteiger partial charge in [0, 0.05) is 11.0 Å². The number of carbonyl (C=O) groups excluding carboxylic acids is 2. The van der Waals surface area contributed by atoms with Crippen molar-refractivity contribution >= 4 is 45.2 Å². The van der Waals surface area contributed by atoms with Crippen LogP contribution < -0.4 is 11.1 Å². The molecule has 0 aliphatic heterocycles. The van der Waals surface area contributed by atoms with E-state index in [9.17, 15) is 9.59 Å². The number of carbonyl (C=O) groups is 2. The van der Waals surface area contributed by atoms with Crippen LogP contribution in [0.2, 0.25) is 0 Å². The normalized spacial score (nSPS) is 12.2. The highest BCUT2D eigenvalue weighted by Gasteiger charge is 2.18. The van der Waals surface area contributed by atoms with Gasteiger partial charge in [-0.25, -0.2) is 0 Å². The fourth-order valence-corrected chi connectivity index (χ4v) is 3.06. The Morgan fingerprint density at radius 1 is 1.19 bits per heavy atom. The minimum absolute atomic E-state index is 0.368. The van der Waals surface area contributed by atoms with Crippen LogP contribution in [0.15, 0.2) is 52.3 Å². The maximum absolute atomic E-state index is 11.9. The number of benzene rings is 1. The molecular formula is C15H13BrN2O2S. The number of amides is 2. The van der Waals surface area contributed by atoms with Gasteiger partial charge >= 0.3 is 0 Å². The number of hydrogen-bond donors (Lipinski definition) is 2. The van der Waals surface area contributed by atoms with Crippen LogP contribution in [0.5, 0.6) is 0 Å². The van der Waals surface area contributed by atoms with Crippen molar-refractivity contribution in [3.63, 3.8) is 0 Å². The minimum atomic E-state index is -0.835. The van der Waals surface area contributed by atoms with Gasteiger partial charge < -0.3 is 11.1 Å². The number of hydrogen-bond acceptors (Lipinski definition) is 3. The highest BCUT2D eigenvalue weighted by molar-refractivity contribution is 9.11. The summed E-state index contributed by atoms with van der Waals surface area (Å²) >= 11 is 4.86. The topological polar surface area (TPSA) is 72.2 Å². The van der Waals surface area contributed by atoms with E-state index in [0.29, 0.717) is 5.56 Å². The first kappa shape index (κ1) is 15.5. The SMILES string of the molecule is NC(=O)C(NC(=O)/C=C/c1ccc(Br)s1)c1ccccc1. The van der Waals surface area contributed by atoms with Gasteiger partial charge in [-0.1, -0.05) is 30.3 Å². The van der Waals surface area contributed by atoms with Crippen LogP contribution in [0.4, 0.5) is 0 Å². The monoisotopic (exact) mass is 364 g/mol. The van der Waals surface area contributed by atoms with Gasteiger partial charge in [0.15, 0.2) is 0 Å². The minimum Gasteiger partial charge on any atom is -0.368 e. The molecule has 1 atom stereocenters. The molecule has 0 saturated heterocycles. The lowest BCUT2D eigenvalue weighted by atomic mass is 10.1. The van der Waals surface area contributed by atoms with Gasteiger partial charge in [-0.05, 0) is 39.7 Å². The molecule has 0 radical (unpaired) electrons. The Bertz CT molecular complexity index is 667. The maximum atomic E-state index is 11.9. The van der Waals surface area contributed by atoms with Crippen LogP contribution >= 0.6 is 27.3 Å². The third-order valence-electron chi connectivity index (χ3n) is 2.70. The number of nitrogens with one attached hydrogen (secondary N) is 1. The number of thiophene rings is 1. The molecule has 4 nitrogen and oxygen atoms in total. The number of nitrogens with two attached hydrogens (primary N) is 1. The molecule has 108 valence electrons. The van der Waals surface area contributed by atoms with E-state index in [1.807, 2.05) is 18.2 Å². The summed E-state index contributed by atoms with van der Waals surface area (Å²) in [5.74, 6) is -0.964. The van der Waals surface area contributed by atoms with Gasteiger partial charge in [0.25, 0.3) is 0 Å². The number of primary amides is 1. The van der Waals surface area contributed by atoms with Crippen LogP contribution in [0, 0.1) is 0 Å². The summed E-state index contributed by atoms with van der Waals surface area (Å²) in [5, 5.41) is 2.60. The van der Waals surface area contributed by atoms with E-state index in [0.717, 1.165) is 8.66 Å². The predicted molar refractivity (Wildman–Crippen MR) is 87.6 cm³/mol. The van der Waals surface area contributed by atoms with Crippen molar-refractivity contribution in [3.8, 4) is 0 Å². The zero-order valence-corrected chi connectivity index (χ0v) is 13.4. The highest BCUT2D eigenvalue weighted by Crippen LogP contribution is 2.23. The summed E-state index contributed by atoms with van der Waals surface area (Å²) in [5.41, 5.74) is 6.00. The lowest BCUT2D eigenvalue weighted by Crippen LogP contribution is -2.36. The largest absolute Gasteiger partial charge is 0.368 e. The first-order valence-corrected chi connectivity index (χ1v) is 7.75. The molecule has 2 rings (SSSR count). The van der Waals surface area contributed by atoms with Crippen molar-refractivity contribution in [1.82, 2.24) is 5.32 Å². The molecule has 2 aromatic rings. The van der Waals surface area contributed by atoms with Gasteiger partial charge in [0.05, 0.1) is 3.79 Å². The molecule has 21 heavy (non-hydrogen) atoms. The Kier molecular flexibility index (Phi) is 5.30. The highest BCUT2D eigenvalue weighted by atomic mass is 79.9. The van der Waals surface area contributed by atoms with E-state index in [2.05, 4.69) is 21.2 Å². The third kappa shape index (κ3) is 4.54. The van der Waals surface area contributed by atoms with Gasteiger partial charge in [-0.3, -0.25) is 9.59 Å². The molecule has 0 aliphatic carbocycles. The molecule has 0 spiro atoms. The molecule has 0 bridgehead atoms. The molecule has 2 amide bonds. The molecule has 1 heterocycles. The Hall–Kier alpha value is -1.92. The molecule has 6 heteroatoms. The van der Waals surface area contributed by atoms with Gasteiger partial charge in [-0.2, -0.15) is 0 Å². The molecular weight excluding hydrogens is 352 g/mol.